The molecule has 18 heavy (non-hydrogen) atoms. The van der Waals surface area contributed by atoms with Crippen molar-refractivity contribution in [2.24, 2.45) is 5.92 Å². The first-order valence-corrected chi connectivity index (χ1v) is 7.79. The highest BCUT2D eigenvalue weighted by molar-refractivity contribution is 9.08. The van der Waals surface area contributed by atoms with Crippen molar-refractivity contribution < 1.29 is 0 Å². The average molecular weight is 305 g/mol. The Labute approximate surface area is 117 Å². The fourth-order valence-electron chi connectivity index (χ4n) is 2.42. The molecule has 0 aliphatic heterocycles. The lowest BCUT2D eigenvalue weighted by Gasteiger charge is -2.26. The summed E-state index contributed by atoms with van der Waals surface area (Å²) in [6.45, 7) is 1.15. The number of alkyl halides is 1. The summed E-state index contributed by atoms with van der Waals surface area (Å²) in [5.41, 5.74) is 3.16. The molecule has 0 radical (unpaired) electrons. The third-order valence-electron chi connectivity index (χ3n) is 3.78. The van der Waals surface area contributed by atoms with Crippen molar-refractivity contribution in [3.63, 3.8) is 0 Å². The molecule has 2 fully saturated rings. The summed E-state index contributed by atoms with van der Waals surface area (Å²) >= 11 is 3.45. The maximum atomic E-state index is 9.35. The second-order valence-corrected chi connectivity index (χ2v) is 5.98. The summed E-state index contributed by atoms with van der Waals surface area (Å²) in [5, 5.41) is 10.2. The molecule has 2 aliphatic rings. The maximum absolute atomic E-state index is 9.35. The first kappa shape index (κ1) is 12.0. The molecule has 1 aromatic carbocycles. The second kappa shape index (κ2) is 4.93. The number of anilines is 1. The van der Waals surface area contributed by atoms with Gasteiger partial charge in [0.05, 0.1) is 11.3 Å². The SMILES string of the molecule is N#Cc1cc(CBr)ccc1N(CC1CC1)C1CC1. The van der Waals surface area contributed by atoms with Crippen LogP contribution in [0.3, 0.4) is 0 Å². The van der Waals surface area contributed by atoms with Gasteiger partial charge in [0.2, 0.25) is 0 Å². The molecule has 2 aliphatic carbocycles. The molecule has 3 rings (SSSR count). The molecule has 0 unspecified atom stereocenters. The predicted molar refractivity (Wildman–Crippen MR) is 76.9 cm³/mol. The zero-order valence-electron chi connectivity index (χ0n) is 10.4. The molecular weight excluding hydrogens is 288 g/mol. The minimum atomic E-state index is 0.688. The van der Waals surface area contributed by atoms with Crippen LogP contribution in [0.5, 0.6) is 0 Å². The molecule has 0 saturated heterocycles. The van der Waals surface area contributed by atoms with E-state index in [1.54, 1.807) is 0 Å². The van der Waals surface area contributed by atoms with Crippen molar-refractivity contribution in [1.29, 1.82) is 5.26 Å². The predicted octanol–water partition coefficient (Wildman–Crippen LogP) is 3.83. The molecule has 94 valence electrons. The molecule has 1 aromatic rings. The number of hydrogen-bond acceptors (Lipinski definition) is 2. The first-order chi connectivity index (χ1) is 8.81. The Kier molecular flexibility index (Phi) is 3.30. The quantitative estimate of drug-likeness (QED) is 0.773. The standard InChI is InChI=1S/C15H17BrN2/c16-8-12-3-6-15(13(7-12)9-17)18(14-4-5-14)10-11-1-2-11/h3,6-7,11,14H,1-2,4-5,8,10H2. The molecule has 2 nitrogen and oxygen atoms in total. The smallest absolute Gasteiger partial charge is 0.101 e. The Morgan fingerprint density at radius 2 is 2.06 bits per heavy atom. The van der Waals surface area contributed by atoms with Crippen molar-refractivity contribution in [1.82, 2.24) is 0 Å². The Morgan fingerprint density at radius 1 is 1.28 bits per heavy atom. The monoisotopic (exact) mass is 304 g/mol. The lowest BCUT2D eigenvalue weighted by molar-refractivity contribution is 0.718. The van der Waals surface area contributed by atoms with E-state index in [1.165, 1.54) is 31.2 Å². The van der Waals surface area contributed by atoms with E-state index in [1.807, 2.05) is 6.07 Å². The highest BCUT2D eigenvalue weighted by Gasteiger charge is 2.34. The van der Waals surface area contributed by atoms with Gasteiger partial charge in [0, 0.05) is 17.9 Å². The van der Waals surface area contributed by atoms with Crippen LogP contribution in [0.25, 0.3) is 0 Å². The summed E-state index contributed by atoms with van der Waals surface area (Å²) in [6, 6.07) is 9.34. The highest BCUT2D eigenvalue weighted by Crippen LogP contribution is 2.39. The number of nitrogens with zero attached hydrogens (tertiary/aromatic N) is 2. The van der Waals surface area contributed by atoms with Gasteiger partial charge in [-0.05, 0) is 49.3 Å². The van der Waals surface area contributed by atoms with E-state index in [-0.39, 0.29) is 0 Å². The zero-order chi connectivity index (χ0) is 12.5. The number of halogens is 1. The van der Waals surface area contributed by atoms with Crippen LogP contribution in [0.2, 0.25) is 0 Å². The molecule has 0 aromatic heterocycles. The lowest BCUT2D eigenvalue weighted by atomic mass is 10.1. The van der Waals surface area contributed by atoms with Crippen LogP contribution in [0.1, 0.15) is 36.8 Å². The summed E-state index contributed by atoms with van der Waals surface area (Å²) in [6.07, 6.45) is 5.31. The third kappa shape index (κ3) is 2.54. The van der Waals surface area contributed by atoms with Gasteiger partial charge in [-0.1, -0.05) is 22.0 Å². The summed E-state index contributed by atoms with van der Waals surface area (Å²) in [4.78, 5) is 2.48. The Bertz CT molecular complexity index is 484. The van der Waals surface area contributed by atoms with Gasteiger partial charge in [-0.25, -0.2) is 0 Å². The summed E-state index contributed by atoms with van der Waals surface area (Å²) in [7, 11) is 0. The van der Waals surface area contributed by atoms with Gasteiger partial charge in [-0.2, -0.15) is 5.26 Å². The zero-order valence-corrected chi connectivity index (χ0v) is 12.0. The van der Waals surface area contributed by atoms with E-state index in [0.29, 0.717) is 6.04 Å². The average Bonchev–Trinajstić information content (AvgIpc) is 3.28. The third-order valence-corrected chi connectivity index (χ3v) is 4.43. The molecule has 0 atom stereocenters. The van der Waals surface area contributed by atoms with Crippen LogP contribution in [0.15, 0.2) is 18.2 Å². The van der Waals surface area contributed by atoms with E-state index < -0.39 is 0 Å². The molecule has 0 heterocycles. The Morgan fingerprint density at radius 3 is 2.61 bits per heavy atom. The number of hydrogen-bond donors (Lipinski definition) is 0. The fourth-order valence-corrected chi connectivity index (χ4v) is 2.76. The molecular formula is C15H17BrN2. The van der Waals surface area contributed by atoms with Crippen molar-refractivity contribution in [3.8, 4) is 6.07 Å². The van der Waals surface area contributed by atoms with Crippen molar-refractivity contribution in [3.05, 3.63) is 29.3 Å². The first-order valence-electron chi connectivity index (χ1n) is 6.67. The van der Waals surface area contributed by atoms with Gasteiger partial charge >= 0.3 is 0 Å². The summed E-state index contributed by atoms with van der Waals surface area (Å²) in [5.74, 6) is 0.869. The van der Waals surface area contributed by atoms with E-state index in [0.717, 1.165) is 29.0 Å². The van der Waals surface area contributed by atoms with Crippen LogP contribution in [0, 0.1) is 17.2 Å². The van der Waals surface area contributed by atoms with Crippen LogP contribution < -0.4 is 4.90 Å². The second-order valence-electron chi connectivity index (χ2n) is 5.42. The van der Waals surface area contributed by atoms with Gasteiger partial charge < -0.3 is 4.90 Å². The Balaban J connectivity index is 1.89. The van der Waals surface area contributed by atoms with Crippen LogP contribution >= 0.6 is 15.9 Å². The van der Waals surface area contributed by atoms with Crippen LogP contribution in [-0.4, -0.2) is 12.6 Å². The maximum Gasteiger partial charge on any atom is 0.101 e. The van der Waals surface area contributed by atoms with Gasteiger partial charge in [0.25, 0.3) is 0 Å². The van der Waals surface area contributed by atoms with Crippen LogP contribution in [-0.2, 0) is 5.33 Å². The molecule has 2 saturated carbocycles. The van der Waals surface area contributed by atoms with Crippen molar-refractivity contribution in [2.75, 3.05) is 11.4 Å². The summed E-state index contributed by atoms with van der Waals surface area (Å²) < 4.78 is 0. The highest BCUT2D eigenvalue weighted by atomic mass is 79.9. The number of nitriles is 1. The minimum Gasteiger partial charge on any atom is -0.367 e. The van der Waals surface area contributed by atoms with E-state index in [4.69, 9.17) is 0 Å². The topological polar surface area (TPSA) is 27.0 Å². The van der Waals surface area contributed by atoms with Crippen molar-refractivity contribution in [2.45, 2.75) is 37.1 Å². The van der Waals surface area contributed by atoms with Gasteiger partial charge in [-0.15, -0.1) is 0 Å². The van der Waals surface area contributed by atoms with Crippen LogP contribution in [0.4, 0.5) is 5.69 Å². The largest absolute Gasteiger partial charge is 0.367 e. The number of rotatable bonds is 5. The number of benzene rings is 1. The fraction of sp³-hybridized carbons (Fsp3) is 0.533. The molecule has 0 spiro atoms. The van der Waals surface area contributed by atoms with Gasteiger partial charge in [-0.3, -0.25) is 0 Å². The van der Waals surface area contributed by atoms with Gasteiger partial charge in [0.15, 0.2) is 0 Å². The van der Waals surface area contributed by atoms with E-state index >= 15 is 0 Å². The van der Waals surface area contributed by atoms with E-state index in [2.05, 4.69) is 39.0 Å². The molecule has 0 bridgehead atoms. The van der Waals surface area contributed by atoms with Gasteiger partial charge in [0.1, 0.15) is 6.07 Å². The molecule has 0 amide bonds. The minimum absolute atomic E-state index is 0.688. The Hall–Kier alpha value is -1.01. The molecule has 3 heteroatoms. The lowest BCUT2D eigenvalue weighted by Crippen LogP contribution is -2.28. The van der Waals surface area contributed by atoms with Crippen molar-refractivity contribution >= 4 is 21.6 Å². The van der Waals surface area contributed by atoms with E-state index in [9.17, 15) is 5.26 Å². The normalized spacial score (nSPS) is 18.4. The molecule has 0 N–H and O–H groups in total.